The number of fused-ring (bicyclic) bond motifs is 1. The highest BCUT2D eigenvalue weighted by atomic mass is 32.2. The smallest absolute Gasteiger partial charge is 0.136 e. The number of rotatable bonds is 7. The van der Waals surface area contributed by atoms with Gasteiger partial charge in [-0.05, 0) is 53.4 Å². The summed E-state index contributed by atoms with van der Waals surface area (Å²) in [6.07, 6.45) is 4.81. The van der Waals surface area contributed by atoms with Gasteiger partial charge in [-0.15, -0.1) is 0 Å². The van der Waals surface area contributed by atoms with Gasteiger partial charge in [0, 0.05) is 37.2 Å². The van der Waals surface area contributed by atoms with Gasteiger partial charge >= 0.3 is 0 Å². The Morgan fingerprint density at radius 2 is 1.88 bits per heavy atom. The SMILES string of the molecule is CCc1cc(O)ccc1-c1cc2c(c(NCc3ccccc3N(C)SC)n1)C=NC2.O.O. The van der Waals surface area contributed by atoms with Crippen molar-refractivity contribution in [1.29, 1.82) is 0 Å². The highest BCUT2D eigenvalue weighted by molar-refractivity contribution is 7.99. The molecule has 170 valence electrons. The zero-order chi connectivity index (χ0) is 21.1. The van der Waals surface area contributed by atoms with Gasteiger partial charge in [0.15, 0.2) is 0 Å². The zero-order valence-electron chi connectivity index (χ0n) is 18.5. The van der Waals surface area contributed by atoms with Crippen molar-refractivity contribution in [3.63, 3.8) is 0 Å². The Morgan fingerprint density at radius 3 is 2.62 bits per heavy atom. The number of anilines is 2. The molecule has 0 spiro atoms. The van der Waals surface area contributed by atoms with Crippen LogP contribution in [0.15, 0.2) is 53.5 Å². The second kappa shape index (κ2) is 11.0. The highest BCUT2D eigenvalue weighted by Gasteiger charge is 2.17. The van der Waals surface area contributed by atoms with Gasteiger partial charge in [-0.2, -0.15) is 0 Å². The summed E-state index contributed by atoms with van der Waals surface area (Å²) in [5.74, 6) is 1.13. The molecule has 1 aromatic heterocycles. The Kier molecular flexibility index (Phi) is 8.65. The first-order chi connectivity index (χ1) is 14.6. The first-order valence-corrected chi connectivity index (χ1v) is 11.2. The number of aromatic hydroxyl groups is 1. The van der Waals surface area contributed by atoms with E-state index in [1.54, 1.807) is 18.0 Å². The van der Waals surface area contributed by atoms with E-state index < -0.39 is 0 Å². The maximum Gasteiger partial charge on any atom is 0.136 e. The fourth-order valence-corrected chi connectivity index (χ4v) is 4.13. The zero-order valence-corrected chi connectivity index (χ0v) is 19.3. The van der Waals surface area contributed by atoms with Gasteiger partial charge in [0.2, 0.25) is 0 Å². The van der Waals surface area contributed by atoms with E-state index in [4.69, 9.17) is 4.98 Å². The van der Waals surface area contributed by atoms with Gasteiger partial charge in [0.25, 0.3) is 0 Å². The number of para-hydroxylation sites is 1. The lowest BCUT2D eigenvalue weighted by Crippen LogP contribution is -2.12. The van der Waals surface area contributed by atoms with Crippen molar-refractivity contribution in [2.45, 2.75) is 26.4 Å². The number of hydrogen-bond acceptors (Lipinski definition) is 6. The molecule has 0 atom stereocenters. The van der Waals surface area contributed by atoms with Crippen molar-refractivity contribution >= 4 is 29.7 Å². The first-order valence-electron chi connectivity index (χ1n) is 10.1. The molecule has 0 unspecified atom stereocenters. The molecule has 32 heavy (non-hydrogen) atoms. The molecule has 3 aromatic rings. The normalized spacial score (nSPS) is 11.3. The van der Waals surface area contributed by atoms with E-state index in [1.165, 1.54) is 16.8 Å². The summed E-state index contributed by atoms with van der Waals surface area (Å²) in [6.45, 7) is 3.44. The van der Waals surface area contributed by atoms with Crippen LogP contribution in [0.4, 0.5) is 11.5 Å². The maximum absolute atomic E-state index is 9.87. The van der Waals surface area contributed by atoms with Gasteiger partial charge in [-0.3, -0.25) is 4.99 Å². The largest absolute Gasteiger partial charge is 0.508 e. The first kappa shape index (κ1) is 25.2. The van der Waals surface area contributed by atoms with Crippen LogP contribution in [0.3, 0.4) is 0 Å². The molecule has 0 radical (unpaired) electrons. The molecule has 6 N–H and O–H groups in total. The summed E-state index contributed by atoms with van der Waals surface area (Å²) in [6, 6.07) is 16.0. The lowest BCUT2D eigenvalue weighted by molar-refractivity contribution is 0.474. The molecule has 2 aromatic carbocycles. The minimum Gasteiger partial charge on any atom is -0.508 e. The molecule has 7 nitrogen and oxygen atoms in total. The molecule has 1 aliphatic rings. The van der Waals surface area contributed by atoms with E-state index in [1.807, 2.05) is 18.3 Å². The molecule has 0 bridgehead atoms. The molecule has 0 fully saturated rings. The van der Waals surface area contributed by atoms with Crippen LogP contribution in [-0.2, 0) is 19.5 Å². The van der Waals surface area contributed by atoms with E-state index in [-0.39, 0.29) is 16.7 Å². The second-order valence-corrected chi connectivity index (χ2v) is 8.17. The third-order valence-corrected chi connectivity index (χ3v) is 6.17. The molecule has 0 aliphatic carbocycles. The van der Waals surface area contributed by atoms with E-state index in [2.05, 4.69) is 65.2 Å². The molecule has 2 heterocycles. The number of nitrogens with zero attached hydrogens (tertiary/aromatic N) is 3. The van der Waals surface area contributed by atoms with Crippen LogP contribution in [0, 0.1) is 0 Å². The van der Waals surface area contributed by atoms with E-state index in [0.717, 1.165) is 34.6 Å². The van der Waals surface area contributed by atoms with Crippen LogP contribution in [0.25, 0.3) is 11.3 Å². The van der Waals surface area contributed by atoms with Crippen LogP contribution in [0.1, 0.15) is 29.2 Å². The number of aryl methyl sites for hydroxylation is 1. The molecule has 1 aliphatic heterocycles. The molecule has 8 heteroatoms. The van der Waals surface area contributed by atoms with Gasteiger partial charge < -0.3 is 25.7 Å². The van der Waals surface area contributed by atoms with Crippen LogP contribution in [0.5, 0.6) is 5.75 Å². The average molecular weight is 455 g/mol. The summed E-state index contributed by atoms with van der Waals surface area (Å²) in [7, 11) is 2.07. The molecule has 0 amide bonds. The number of phenolic OH excluding ortho intramolecular Hbond substituents is 1. The van der Waals surface area contributed by atoms with E-state index >= 15 is 0 Å². The third-order valence-electron chi connectivity index (χ3n) is 5.42. The van der Waals surface area contributed by atoms with Crippen molar-refractivity contribution in [2.75, 3.05) is 22.9 Å². The minimum atomic E-state index is 0. The molecule has 4 rings (SSSR count). The van der Waals surface area contributed by atoms with E-state index in [0.29, 0.717) is 13.1 Å². The molecular formula is C24H30N4O3S. The third kappa shape index (κ3) is 5.04. The summed E-state index contributed by atoms with van der Waals surface area (Å²) >= 11 is 1.69. The molecule has 0 saturated carbocycles. The Bertz CT molecular complexity index is 1100. The summed E-state index contributed by atoms with van der Waals surface area (Å²) in [5.41, 5.74) is 7.68. The summed E-state index contributed by atoms with van der Waals surface area (Å²) in [5, 5.41) is 13.4. The van der Waals surface area contributed by atoms with Crippen molar-refractivity contribution < 1.29 is 16.1 Å². The monoisotopic (exact) mass is 454 g/mol. The van der Waals surface area contributed by atoms with Crippen molar-refractivity contribution in [1.82, 2.24) is 4.98 Å². The Hall–Kier alpha value is -3.07. The van der Waals surface area contributed by atoms with Crippen LogP contribution < -0.4 is 9.62 Å². The number of nitrogens with one attached hydrogen (secondary N) is 1. The number of aliphatic imine (C=N–C) groups is 1. The maximum atomic E-state index is 9.87. The Balaban J connectivity index is 0.00000181. The van der Waals surface area contributed by atoms with Crippen LogP contribution in [0.2, 0.25) is 0 Å². The quantitative estimate of drug-likeness (QED) is 0.528. The summed E-state index contributed by atoms with van der Waals surface area (Å²) < 4.78 is 2.16. The Morgan fingerprint density at radius 1 is 1.09 bits per heavy atom. The molecule has 0 saturated heterocycles. The van der Waals surface area contributed by atoms with Crippen molar-refractivity contribution in [2.24, 2.45) is 4.99 Å². The standard InChI is InChI=1S/C24H26N4OS.2H2O/c1-4-16-11-19(29)9-10-20(16)22-12-18-13-25-15-21(18)24(27-22)26-14-17-7-5-6-8-23(17)28(2)30-3;;/h5-12,15,29H,4,13-14H2,1-3H3,(H,26,27);2*1H2. The predicted octanol–water partition coefficient (Wildman–Crippen LogP) is 3.63. The highest BCUT2D eigenvalue weighted by Crippen LogP contribution is 2.32. The minimum absolute atomic E-state index is 0. The van der Waals surface area contributed by atoms with Gasteiger partial charge in [0.05, 0.1) is 17.9 Å². The summed E-state index contributed by atoms with van der Waals surface area (Å²) in [4.78, 5) is 9.42. The predicted molar refractivity (Wildman–Crippen MR) is 135 cm³/mol. The number of phenols is 1. The fraction of sp³-hybridized carbons (Fsp3) is 0.250. The van der Waals surface area contributed by atoms with Gasteiger partial charge in [-0.25, -0.2) is 4.98 Å². The van der Waals surface area contributed by atoms with Gasteiger partial charge in [-0.1, -0.05) is 37.1 Å². The van der Waals surface area contributed by atoms with Crippen LogP contribution >= 0.6 is 11.9 Å². The fourth-order valence-electron chi connectivity index (χ4n) is 3.76. The number of aromatic nitrogens is 1. The molecular weight excluding hydrogens is 424 g/mol. The Labute approximate surface area is 193 Å². The number of hydrogen-bond donors (Lipinski definition) is 2. The van der Waals surface area contributed by atoms with Crippen molar-refractivity contribution in [3.8, 4) is 17.0 Å². The van der Waals surface area contributed by atoms with E-state index in [9.17, 15) is 5.11 Å². The number of pyridine rings is 1. The number of benzene rings is 2. The second-order valence-electron chi connectivity index (χ2n) is 7.26. The lowest BCUT2D eigenvalue weighted by Gasteiger charge is -2.20. The van der Waals surface area contributed by atoms with Gasteiger partial charge in [0.1, 0.15) is 11.6 Å². The lowest BCUT2D eigenvalue weighted by atomic mass is 9.99. The van der Waals surface area contributed by atoms with Crippen molar-refractivity contribution in [3.05, 3.63) is 70.8 Å². The van der Waals surface area contributed by atoms with Crippen LogP contribution in [-0.4, -0.2) is 40.6 Å². The topological polar surface area (TPSA) is 124 Å². The average Bonchev–Trinajstić information content (AvgIpc) is 3.25.